The van der Waals surface area contributed by atoms with Crippen molar-refractivity contribution < 1.29 is 18.7 Å². The number of hydrogen-bond donors (Lipinski definition) is 0. The van der Waals surface area contributed by atoms with Gasteiger partial charge in [0, 0.05) is 18.2 Å². The first kappa shape index (κ1) is 15.9. The summed E-state index contributed by atoms with van der Waals surface area (Å²) in [6, 6.07) is 6.15. The standard InChI is InChI=1S/C15H18FNO3/c1-3-17(11-15(19)20-4-2)14(18)10-9-12-7-5-6-8-13(12)16/h5-10H,3-4,11H2,1-2H3/b10-9+. The van der Waals surface area contributed by atoms with Crippen LogP contribution in [0.4, 0.5) is 4.39 Å². The topological polar surface area (TPSA) is 46.6 Å². The summed E-state index contributed by atoms with van der Waals surface area (Å²) in [5.41, 5.74) is 0.327. The molecule has 0 bridgehead atoms. The Hall–Kier alpha value is -2.17. The van der Waals surface area contributed by atoms with Gasteiger partial charge in [-0.1, -0.05) is 18.2 Å². The molecule has 0 N–H and O–H groups in total. The minimum atomic E-state index is -0.456. The zero-order valence-corrected chi connectivity index (χ0v) is 11.6. The second-order valence-electron chi connectivity index (χ2n) is 4.01. The Balaban J connectivity index is 2.68. The summed E-state index contributed by atoms with van der Waals surface area (Å²) in [4.78, 5) is 24.6. The molecule has 0 heterocycles. The summed E-state index contributed by atoms with van der Waals surface area (Å²) in [6.07, 6.45) is 2.65. The van der Waals surface area contributed by atoms with Gasteiger partial charge in [0.25, 0.3) is 0 Å². The Morgan fingerprint density at radius 1 is 1.30 bits per heavy atom. The number of rotatable bonds is 6. The van der Waals surface area contributed by atoms with Crippen molar-refractivity contribution in [3.8, 4) is 0 Å². The molecule has 0 atom stereocenters. The quantitative estimate of drug-likeness (QED) is 0.592. The first-order valence-corrected chi connectivity index (χ1v) is 6.45. The van der Waals surface area contributed by atoms with Crippen molar-refractivity contribution in [1.29, 1.82) is 0 Å². The van der Waals surface area contributed by atoms with Crippen LogP contribution in [0.5, 0.6) is 0 Å². The lowest BCUT2D eigenvalue weighted by Gasteiger charge is -2.17. The molecule has 0 saturated carbocycles. The maximum Gasteiger partial charge on any atom is 0.325 e. The minimum Gasteiger partial charge on any atom is -0.465 e. The van der Waals surface area contributed by atoms with E-state index >= 15 is 0 Å². The summed E-state index contributed by atoms with van der Waals surface area (Å²) < 4.78 is 18.2. The maximum atomic E-state index is 13.4. The fraction of sp³-hybridized carbons (Fsp3) is 0.333. The number of carbonyl (C=O) groups excluding carboxylic acids is 2. The van der Waals surface area contributed by atoms with E-state index < -0.39 is 11.8 Å². The predicted octanol–water partition coefficient (Wildman–Crippen LogP) is 2.25. The van der Waals surface area contributed by atoms with E-state index in [2.05, 4.69) is 0 Å². The Morgan fingerprint density at radius 2 is 2.00 bits per heavy atom. The van der Waals surface area contributed by atoms with E-state index in [0.29, 0.717) is 12.1 Å². The number of nitrogens with zero attached hydrogens (tertiary/aromatic N) is 1. The second-order valence-corrected chi connectivity index (χ2v) is 4.01. The lowest BCUT2D eigenvalue weighted by atomic mass is 10.2. The van der Waals surface area contributed by atoms with Gasteiger partial charge in [-0.25, -0.2) is 4.39 Å². The van der Waals surface area contributed by atoms with Crippen LogP contribution < -0.4 is 0 Å². The van der Waals surface area contributed by atoms with Gasteiger partial charge < -0.3 is 9.64 Å². The summed E-state index contributed by atoms with van der Waals surface area (Å²) in [5.74, 6) is -1.21. The number of carbonyl (C=O) groups is 2. The first-order chi connectivity index (χ1) is 9.58. The third-order valence-electron chi connectivity index (χ3n) is 2.63. The molecule has 0 aliphatic carbocycles. The smallest absolute Gasteiger partial charge is 0.325 e. The van der Waals surface area contributed by atoms with E-state index in [4.69, 9.17) is 4.74 Å². The Morgan fingerprint density at radius 3 is 2.60 bits per heavy atom. The molecule has 1 amide bonds. The normalized spacial score (nSPS) is 10.6. The van der Waals surface area contributed by atoms with Crippen LogP contribution in [0.2, 0.25) is 0 Å². The molecule has 1 aromatic rings. The van der Waals surface area contributed by atoms with Crippen LogP contribution in [0.25, 0.3) is 6.08 Å². The van der Waals surface area contributed by atoms with Crippen LogP contribution in [0, 0.1) is 5.82 Å². The molecular formula is C15H18FNO3. The van der Waals surface area contributed by atoms with E-state index in [0.717, 1.165) is 0 Å². The van der Waals surface area contributed by atoms with E-state index in [1.807, 2.05) is 0 Å². The molecule has 0 unspecified atom stereocenters. The number of halogens is 1. The molecule has 0 saturated heterocycles. The van der Waals surface area contributed by atoms with Crippen LogP contribution >= 0.6 is 0 Å². The van der Waals surface area contributed by atoms with Gasteiger partial charge in [0.05, 0.1) is 6.61 Å². The van der Waals surface area contributed by atoms with Crippen molar-refractivity contribution in [1.82, 2.24) is 4.90 Å². The molecule has 0 spiro atoms. The van der Waals surface area contributed by atoms with Gasteiger partial charge in [-0.05, 0) is 26.0 Å². The molecule has 1 rings (SSSR count). The summed E-state index contributed by atoms with van der Waals surface area (Å²) >= 11 is 0. The summed E-state index contributed by atoms with van der Waals surface area (Å²) in [5, 5.41) is 0. The van der Waals surface area contributed by atoms with Crippen LogP contribution in [0.1, 0.15) is 19.4 Å². The molecule has 0 aliphatic heterocycles. The predicted molar refractivity (Wildman–Crippen MR) is 74.3 cm³/mol. The van der Waals surface area contributed by atoms with E-state index in [1.54, 1.807) is 32.0 Å². The molecule has 0 aliphatic rings. The highest BCUT2D eigenvalue weighted by atomic mass is 19.1. The average Bonchev–Trinajstić information content (AvgIpc) is 2.44. The molecule has 0 radical (unpaired) electrons. The van der Waals surface area contributed by atoms with E-state index in [9.17, 15) is 14.0 Å². The molecule has 5 heteroatoms. The molecule has 0 fully saturated rings. The number of ether oxygens (including phenoxy) is 1. The summed E-state index contributed by atoms with van der Waals surface area (Å²) in [7, 11) is 0. The van der Waals surface area contributed by atoms with Gasteiger partial charge in [-0.3, -0.25) is 9.59 Å². The van der Waals surface area contributed by atoms with E-state index in [1.165, 1.54) is 23.1 Å². The fourth-order valence-corrected chi connectivity index (χ4v) is 1.58. The monoisotopic (exact) mass is 279 g/mol. The van der Waals surface area contributed by atoms with Gasteiger partial charge >= 0.3 is 5.97 Å². The van der Waals surface area contributed by atoms with Crippen molar-refractivity contribution in [3.63, 3.8) is 0 Å². The zero-order chi connectivity index (χ0) is 15.0. The highest BCUT2D eigenvalue weighted by molar-refractivity contribution is 5.93. The molecular weight excluding hydrogens is 261 g/mol. The fourth-order valence-electron chi connectivity index (χ4n) is 1.58. The molecule has 20 heavy (non-hydrogen) atoms. The first-order valence-electron chi connectivity index (χ1n) is 6.45. The molecule has 108 valence electrons. The third-order valence-corrected chi connectivity index (χ3v) is 2.63. The number of likely N-dealkylation sites (N-methyl/N-ethyl adjacent to an activating group) is 1. The highest BCUT2D eigenvalue weighted by Gasteiger charge is 2.13. The van der Waals surface area contributed by atoms with Crippen molar-refractivity contribution in [3.05, 3.63) is 41.7 Å². The van der Waals surface area contributed by atoms with Crippen LogP contribution in [0.15, 0.2) is 30.3 Å². The third kappa shape index (κ3) is 4.84. The summed E-state index contributed by atoms with van der Waals surface area (Å²) in [6.45, 7) is 4.00. The van der Waals surface area contributed by atoms with Gasteiger partial charge in [0.1, 0.15) is 12.4 Å². The van der Waals surface area contributed by atoms with Crippen LogP contribution in [-0.2, 0) is 14.3 Å². The maximum absolute atomic E-state index is 13.4. The number of benzene rings is 1. The minimum absolute atomic E-state index is 0.106. The Bertz CT molecular complexity index is 500. The van der Waals surface area contributed by atoms with Crippen molar-refractivity contribution in [2.75, 3.05) is 19.7 Å². The molecule has 4 nitrogen and oxygen atoms in total. The number of esters is 1. The lowest BCUT2D eigenvalue weighted by Crippen LogP contribution is -2.35. The Kier molecular flexibility index (Phi) is 6.43. The SMILES string of the molecule is CCOC(=O)CN(CC)C(=O)/C=C/c1ccccc1F. The lowest BCUT2D eigenvalue weighted by molar-refractivity contribution is -0.147. The van der Waals surface area contributed by atoms with Crippen molar-refractivity contribution in [2.24, 2.45) is 0 Å². The van der Waals surface area contributed by atoms with Crippen LogP contribution in [-0.4, -0.2) is 36.5 Å². The molecule has 1 aromatic carbocycles. The average molecular weight is 279 g/mol. The zero-order valence-electron chi connectivity index (χ0n) is 11.6. The van der Waals surface area contributed by atoms with Crippen molar-refractivity contribution >= 4 is 18.0 Å². The van der Waals surface area contributed by atoms with Gasteiger partial charge in [0.2, 0.25) is 5.91 Å². The largest absolute Gasteiger partial charge is 0.465 e. The van der Waals surface area contributed by atoms with Gasteiger partial charge in [-0.2, -0.15) is 0 Å². The van der Waals surface area contributed by atoms with Gasteiger partial charge in [-0.15, -0.1) is 0 Å². The van der Waals surface area contributed by atoms with Crippen LogP contribution in [0.3, 0.4) is 0 Å². The Labute approximate surface area is 117 Å². The number of amides is 1. The highest BCUT2D eigenvalue weighted by Crippen LogP contribution is 2.08. The van der Waals surface area contributed by atoms with Gasteiger partial charge in [0.15, 0.2) is 0 Å². The molecule has 0 aromatic heterocycles. The van der Waals surface area contributed by atoms with Crippen molar-refractivity contribution in [2.45, 2.75) is 13.8 Å². The number of hydrogen-bond acceptors (Lipinski definition) is 3. The van der Waals surface area contributed by atoms with E-state index in [-0.39, 0.29) is 19.1 Å². The second kappa shape index (κ2) is 8.09.